The zero-order chi connectivity index (χ0) is 26.0. The number of benzene rings is 1. The number of aliphatic carboxylic acids is 1. The highest BCUT2D eigenvalue weighted by molar-refractivity contribution is 7.89. The first-order chi connectivity index (χ1) is 17.2. The molecule has 1 fully saturated rings. The molecule has 4 rings (SSSR count). The number of imidazole rings is 1. The molecule has 1 saturated heterocycles. The number of carboxylic acids is 1. The summed E-state index contributed by atoms with van der Waals surface area (Å²) < 4.78 is 36.5. The molecule has 3 heterocycles. The number of aryl methyl sites for hydroxylation is 2. The summed E-state index contributed by atoms with van der Waals surface area (Å²) in [6.45, 7) is 5.94. The number of ether oxygens (including phenoxy) is 1. The third kappa shape index (κ3) is 4.74. The Balaban J connectivity index is 2.00. The average Bonchev–Trinajstić information content (AvgIpc) is 3.16. The molecular formula is C24H31N5O6S. The lowest BCUT2D eigenvalue weighted by Crippen LogP contribution is -2.35. The second-order valence-corrected chi connectivity index (χ2v) is 10.7. The van der Waals surface area contributed by atoms with Crippen molar-refractivity contribution in [1.82, 2.24) is 23.5 Å². The molecule has 0 aliphatic carbocycles. The molecule has 0 amide bonds. The van der Waals surface area contributed by atoms with Crippen molar-refractivity contribution in [2.24, 2.45) is 0 Å². The summed E-state index contributed by atoms with van der Waals surface area (Å²) in [5.41, 5.74) is 0.303. The Hall–Kier alpha value is -3.25. The molecule has 0 unspecified atom stereocenters. The minimum absolute atomic E-state index is 0.00352. The lowest BCUT2D eigenvalue weighted by molar-refractivity contribution is -0.137. The zero-order valence-corrected chi connectivity index (χ0v) is 21.5. The highest BCUT2D eigenvalue weighted by atomic mass is 32.2. The van der Waals surface area contributed by atoms with Gasteiger partial charge in [-0.15, -0.1) is 5.10 Å². The van der Waals surface area contributed by atoms with E-state index in [1.54, 1.807) is 13.8 Å². The van der Waals surface area contributed by atoms with Crippen LogP contribution in [0.2, 0.25) is 0 Å². The lowest BCUT2D eigenvalue weighted by atomic mass is 10.1. The third-order valence-corrected chi connectivity index (χ3v) is 8.10. The number of hydrogen-bond donors (Lipinski definition) is 1. The molecule has 0 radical (unpaired) electrons. The molecule has 1 aliphatic heterocycles. The van der Waals surface area contributed by atoms with Gasteiger partial charge in [0.2, 0.25) is 10.0 Å². The van der Waals surface area contributed by atoms with Crippen molar-refractivity contribution < 1.29 is 23.1 Å². The second kappa shape index (κ2) is 10.4. The monoisotopic (exact) mass is 517 g/mol. The van der Waals surface area contributed by atoms with E-state index in [-0.39, 0.29) is 28.4 Å². The Labute approximate surface area is 209 Å². The number of fused-ring (bicyclic) bond motifs is 1. The molecule has 0 saturated carbocycles. The van der Waals surface area contributed by atoms with E-state index in [0.717, 1.165) is 30.3 Å². The van der Waals surface area contributed by atoms with Crippen LogP contribution in [0.4, 0.5) is 0 Å². The Kier molecular flexibility index (Phi) is 7.46. The molecule has 3 aromatic rings. The van der Waals surface area contributed by atoms with Crippen molar-refractivity contribution in [2.75, 3.05) is 19.7 Å². The number of rotatable bonds is 9. The van der Waals surface area contributed by atoms with E-state index in [1.807, 2.05) is 6.92 Å². The number of nitrogens with zero attached hydrogens (tertiary/aromatic N) is 5. The Morgan fingerprint density at radius 1 is 1.17 bits per heavy atom. The van der Waals surface area contributed by atoms with Crippen LogP contribution < -0.4 is 10.3 Å². The van der Waals surface area contributed by atoms with Gasteiger partial charge >= 0.3 is 5.97 Å². The Bertz CT molecular complexity index is 1450. The van der Waals surface area contributed by atoms with Crippen LogP contribution in [0, 0.1) is 6.92 Å². The lowest BCUT2D eigenvalue weighted by Gasteiger charge is -2.26. The van der Waals surface area contributed by atoms with Crippen LogP contribution >= 0.6 is 0 Å². The predicted molar refractivity (Wildman–Crippen MR) is 133 cm³/mol. The van der Waals surface area contributed by atoms with Gasteiger partial charge in [-0.05, 0) is 51.3 Å². The molecule has 36 heavy (non-hydrogen) atoms. The second-order valence-electron chi connectivity index (χ2n) is 8.79. The van der Waals surface area contributed by atoms with Crippen LogP contribution in [-0.2, 0) is 27.8 Å². The van der Waals surface area contributed by atoms with Gasteiger partial charge < -0.3 is 9.84 Å². The first-order valence-corrected chi connectivity index (χ1v) is 13.6. The minimum Gasteiger partial charge on any atom is -0.493 e. The number of sulfonamides is 1. The number of hydrogen-bond acceptors (Lipinski definition) is 7. The SMILES string of the molecule is CCCc1nc(C)c2c(=O)n(CC(=O)O)c(-c3cc(S(=O)(=O)N4CCCCC4)ccc3OCC)nn12. The standard InChI is InChI=1S/C24H31N5O6S/c1-4-9-20-25-16(3)22-24(32)28(15-21(30)31)23(26-29(20)22)18-14-17(10-11-19(18)35-5-2)36(33,34)27-12-7-6-8-13-27/h10-11,14H,4-9,12-13,15H2,1-3H3,(H,30,31). The van der Waals surface area contributed by atoms with E-state index in [4.69, 9.17) is 4.74 Å². The molecule has 0 spiro atoms. The van der Waals surface area contributed by atoms with Crippen LogP contribution in [0.15, 0.2) is 27.9 Å². The smallest absolute Gasteiger partial charge is 0.323 e. The van der Waals surface area contributed by atoms with Crippen molar-refractivity contribution in [3.05, 3.63) is 40.1 Å². The van der Waals surface area contributed by atoms with Gasteiger partial charge in [-0.3, -0.25) is 14.2 Å². The highest BCUT2D eigenvalue weighted by Crippen LogP contribution is 2.33. The van der Waals surface area contributed by atoms with Crippen LogP contribution in [0.3, 0.4) is 0 Å². The highest BCUT2D eigenvalue weighted by Gasteiger charge is 2.29. The van der Waals surface area contributed by atoms with E-state index >= 15 is 0 Å². The maximum absolute atomic E-state index is 13.5. The predicted octanol–water partition coefficient (Wildman–Crippen LogP) is 2.48. The molecule has 11 nitrogen and oxygen atoms in total. The number of carboxylic acid groups (broad SMARTS) is 1. The molecule has 1 aliphatic rings. The van der Waals surface area contributed by atoms with Crippen molar-refractivity contribution in [3.8, 4) is 17.1 Å². The number of piperidine rings is 1. The summed E-state index contributed by atoms with van der Waals surface area (Å²) in [5.74, 6) is -0.357. The summed E-state index contributed by atoms with van der Waals surface area (Å²) in [6, 6.07) is 4.42. The summed E-state index contributed by atoms with van der Waals surface area (Å²) in [7, 11) is -3.80. The van der Waals surface area contributed by atoms with Gasteiger partial charge in [0.1, 0.15) is 18.1 Å². The maximum Gasteiger partial charge on any atom is 0.323 e. The van der Waals surface area contributed by atoms with Crippen LogP contribution in [0.1, 0.15) is 51.0 Å². The van der Waals surface area contributed by atoms with Gasteiger partial charge in [-0.2, -0.15) is 4.31 Å². The molecule has 2 aromatic heterocycles. The fourth-order valence-electron chi connectivity index (χ4n) is 4.55. The van der Waals surface area contributed by atoms with Crippen LogP contribution in [-0.4, -0.2) is 62.7 Å². The average molecular weight is 518 g/mol. The van der Waals surface area contributed by atoms with E-state index in [1.165, 1.54) is 27.0 Å². The molecule has 0 bridgehead atoms. The number of carbonyl (C=O) groups is 1. The van der Waals surface area contributed by atoms with Gasteiger partial charge in [0.05, 0.1) is 22.8 Å². The fourth-order valence-corrected chi connectivity index (χ4v) is 6.09. The van der Waals surface area contributed by atoms with E-state index in [0.29, 0.717) is 36.8 Å². The normalized spacial score (nSPS) is 14.9. The Morgan fingerprint density at radius 3 is 2.53 bits per heavy atom. The fraction of sp³-hybridized carbons (Fsp3) is 0.500. The topological polar surface area (TPSA) is 136 Å². The van der Waals surface area contributed by atoms with E-state index in [9.17, 15) is 23.1 Å². The minimum atomic E-state index is -3.80. The van der Waals surface area contributed by atoms with E-state index < -0.39 is 28.1 Å². The first-order valence-electron chi connectivity index (χ1n) is 12.2. The van der Waals surface area contributed by atoms with Crippen molar-refractivity contribution >= 4 is 21.5 Å². The van der Waals surface area contributed by atoms with Gasteiger partial charge in [0.25, 0.3) is 5.56 Å². The molecule has 12 heteroatoms. The third-order valence-electron chi connectivity index (χ3n) is 6.21. The number of aromatic nitrogens is 4. The maximum atomic E-state index is 13.5. The summed E-state index contributed by atoms with van der Waals surface area (Å²) >= 11 is 0. The largest absolute Gasteiger partial charge is 0.493 e. The molecular weight excluding hydrogens is 486 g/mol. The van der Waals surface area contributed by atoms with Gasteiger partial charge in [-0.1, -0.05) is 13.3 Å². The van der Waals surface area contributed by atoms with Gasteiger partial charge in [0, 0.05) is 19.5 Å². The summed E-state index contributed by atoms with van der Waals surface area (Å²) in [5, 5.41) is 14.2. The molecule has 1 N–H and O–H groups in total. The quantitative estimate of drug-likeness (QED) is 0.457. The summed E-state index contributed by atoms with van der Waals surface area (Å²) in [6.07, 6.45) is 3.89. The van der Waals surface area contributed by atoms with Crippen LogP contribution in [0.25, 0.3) is 16.9 Å². The summed E-state index contributed by atoms with van der Waals surface area (Å²) in [4.78, 5) is 29.8. The van der Waals surface area contributed by atoms with Crippen molar-refractivity contribution in [1.29, 1.82) is 0 Å². The first kappa shape index (κ1) is 25.8. The van der Waals surface area contributed by atoms with Gasteiger partial charge in [0.15, 0.2) is 11.3 Å². The van der Waals surface area contributed by atoms with Crippen molar-refractivity contribution in [3.63, 3.8) is 0 Å². The van der Waals surface area contributed by atoms with Gasteiger partial charge in [-0.25, -0.2) is 17.9 Å². The Morgan fingerprint density at radius 2 is 1.89 bits per heavy atom. The zero-order valence-electron chi connectivity index (χ0n) is 20.7. The molecule has 194 valence electrons. The molecule has 0 atom stereocenters. The van der Waals surface area contributed by atoms with Crippen molar-refractivity contribution in [2.45, 2.75) is 64.3 Å². The van der Waals surface area contributed by atoms with E-state index in [2.05, 4.69) is 10.1 Å². The molecule has 1 aromatic carbocycles. The van der Waals surface area contributed by atoms with Crippen LogP contribution in [0.5, 0.6) is 5.75 Å².